The van der Waals surface area contributed by atoms with E-state index in [4.69, 9.17) is 9.47 Å². The molecule has 2 heterocycles. The van der Waals surface area contributed by atoms with Crippen molar-refractivity contribution in [3.63, 3.8) is 0 Å². The third kappa shape index (κ3) is 4.90. The van der Waals surface area contributed by atoms with E-state index in [0.29, 0.717) is 23.7 Å². The first-order valence-electron chi connectivity index (χ1n) is 9.97. The minimum absolute atomic E-state index is 0.0778. The minimum Gasteiger partial charge on any atom is -0.462 e. The molecule has 0 unspecified atom stereocenters. The van der Waals surface area contributed by atoms with Crippen LogP contribution in [0.2, 0.25) is 0 Å². The van der Waals surface area contributed by atoms with Crippen molar-refractivity contribution in [1.82, 2.24) is 4.31 Å². The van der Waals surface area contributed by atoms with Gasteiger partial charge in [-0.2, -0.15) is 4.31 Å². The van der Waals surface area contributed by atoms with Crippen molar-refractivity contribution in [1.29, 1.82) is 0 Å². The van der Waals surface area contributed by atoms with Crippen molar-refractivity contribution in [2.75, 3.05) is 38.2 Å². The lowest BCUT2D eigenvalue weighted by Crippen LogP contribution is -2.40. The van der Waals surface area contributed by atoms with E-state index in [2.05, 4.69) is 5.32 Å². The summed E-state index contributed by atoms with van der Waals surface area (Å²) >= 11 is 1.00. The van der Waals surface area contributed by atoms with E-state index >= 15 is 0 Å². The zero-order valence-electron chi connectivity index (χ0n) is 18.0. The van der Waals surface area contributed by atoms with Gasteiger partial charge in [-0.1, -0.05) is 0 Å². The minimum atomic E-state index is -3.67. The molecule has 1 N–H and O–H groups in total. The van der Waals surface area contributed by atoms with Crippen LogP contribution in [0.1, 0.15) is 49.8 Å². The Balaban J connectivity index is 1.84. The smallest absolute Gasteiger partial charge is 0.341 e. The molecule has 0 bridgehead atoms. The molecule has 0 saturated carbocycles. The van der Waals surface area contributed by atoms with E-state index in [-0.39, 0.29) is 46.5 Å². The number of thiophene rings is 1. The first-order valence-corrected chi connectivity index (χ1v) is 12.2. The number of amides is 1. The molecule has 1 aliphatic rings. The van der Waals surface area contributed by atoms with Crippen LogP contribution in [0.4, 0.5) is 5.00 Å². The number of sulfonamides is 1. The van der Waals surface area contributed by atoms with Crippen LogP contribution in [-0.2, 0) is 19.5 Å². The van der Waals surface area contributed by atoms with E-state index in [1.165, 1.54) is 35.5 Å². The Bertz CT molecular complexity index is 1130. The van der Waals surface area contributed by atoms with Crippen molar-refractivity contribution in [2.45, 2.75) is 25.7 Å². The van der Waals surface area contributed by atoms with Crippen LogP contribution in [-0.4, -0.2) is 63.3 Å². The molecule has 172 valence electrons. The van der Waals surface area contributed by atoms with Gasteiger partial charge in [-0.15, -0.1) is 11.3 Å². The molecule has 1 aliphatic heterocycles. The molecule has 0 aliphatic carbocycles. The average Bonchev–Trinajstić information content (AvgIpc) is 3.10. The molecule has 0 atom stereocenters. The number of hydrogen-bond donors (Lipinski definition) is 1. The fourth-order valence-corrected chi connectivity index (χ4v) is 5.77. The summed E-state index contributed by atoms with van der Waals surface area (Å²) in [5.74, 6) is -1.39. The monoisotopic (exact) mass is 480 g/mol. The molecule has 1 fully saturated rings. The van der Waals surface area contributed by atoms with Gasteiger partial charge in [0.05, 0.1) is 35.2 Å². The van der Waals surface area contributed by atoms with E-state index < -0.39 is 21.9 Å². The number of benzene rings is 1. The Hall–Kier alpha value is -2.60. The normalized spacial score (nSPS) is 14.7. The van der Waals surface area contributed by atoms with Crippen LogP contribution in [0.5, 0.6) is 0 Å². The first kappa shape index (κ1) is 24.1. The Morgan fingerprint density at radius 3 is 2.34 bits per heavy atom. The number of rotatable bonds is 7. The molecule has 1 aromatic carbocycles. The molecule has 1 aromatic heterocycles. The van der Waals surface area contributed by atoms with Crippen molar-refractivity contribution >= 4 is 44.0 Å². The Morgan fingerprint density at radius 2 is 1.78 bits per heavy atom. The standard InChI is InChI=1S/C21H24N2O7S2/c1-4-30-21(26)17-13(2)18(14(3)24)31-20(17)22-19(25)15-5-7-16(8-6-15)32(27,28)23-9-11-29-12-10-23/h5-8H,4,9-12H2,1-3H3,(H,22,25). The fraction of sp³-hybridized carbons (Fsp3) is 0.381. The van der Waals surface area contributed by atoms with Crippen LogP contribution >= 0.6 is 11.3 Å². The zero-order valence-corrected chi connectivity index (χ0v) is 19.6. The zero-order chi connectivity index (χ0) is 23.5. The van der Waals surface area contributed by atoms with Gasteiger partial charge in [-0.05, 0) is 50.6 Å². The molecule has 32 heavy (non-hydrogen) atoms. The molecule has 11 heteroatoms. The number of carbonyl (C=O) groups excluding carboxylic acids is 3. The molecule has 1 saturated heterocycles. The number of nitrogens with zero attached hydrogens (tertiary/aromatic N) is 1. The highest BCUT2D eigenvalue weighted by molar-refractivity contribution is 7.89. The largest absolute Gasteiger partial charge is 0.462 e. The molecule has 0 radical (unpaired) electrons. The van der Waals surface area contributed by atoms with Gasteiger partial charge in [0.1, 0.15) is 5.00 Å². The Labute approximate surface area is 190 Å². The Kier molecular flexibility index (Phi) is 7.44. The topological polar surface area (TPSA) is 119 Å². The first-order chi connectivity index (χ1) is 15.2. The second-order valence-electron chi connectivity index (χ2n) is 7.03. The summed E-state index contributed by atoms with van der Waals surface area (Å²) < 4.78 is 37.1. The van der Waals surface area contributed by atoms with E-state index in [1.807, 2.05) is 0 Å². The predicted octanol–water partition coefficient (Wildman–Crippen LogP) is 2.71. The maximum absolute atomic E-state index is 12.8. The van der Waals surface area contributed by atoms with Crippen molar-refractivity contribution in [3.05, 3.63) is 45.8 Å². The third-order valence-corrected chi connectivity index (χ3v) is 8.12. The van der Waals surface area contributed by atoms with E-state index in [0.717, 1.165) is 11.3 Å². The van der Waals surface area contributed by atoms with Crippen molar-refractivity contribution in [2.24, 2.45) is 0 Å². The van der Waals surface area contributed by atoms with Crippen LogP contribution in [0, 0.1) is 6.92 Å². The van der Waals surface area contributed by atoms with Gasteiger partial charge in [0.25, 0.3) is 5.91 Å². The summed E-state index contributed by atoms with van der Waals surface area (Å²) in [6.07, 6.45) is 0. The number of carbonyl (C=O) groups is 3. The van der Waals surface area contributed by atoms with Crippen LogP contribution in [0.25, 0.3) is 0 Å². The van der Waals surface area contributed by atoms with Gasteiger partial charge >= 0.3 is 5.97 Å². The number of Topliss-reactive ketones (excluding diaryl/α,β-unsaturated/α-hetero) is 1. The highest BCUT2D eigenvalue weighted by Crippen LogP contribution is 2.34. The lowest BCUT2D eigenvalue weighted by molar-refractivity contribution is 0.0527. The van der Waals surface area contributed by atoms with Crippen molar-refractivity contribution < 1.29 is 32.3 Å². The van der Waals surface area contributed by atoms with Gasteiger partial charge < -0.3 is 14.8 Å². The molecule has 2 aromatic rings. The Morgan fingerprint density at radius 1 is 1.16 bits per heavy atom. The quantitative estimate of drug-likeness (QED) is 0.478. The molecular formula is C21H24N2O7S2. The second kappa shape index (κ2) is 9.90. The molecule has 9 nitrogen and oxygen atoms in total. The second-order valence-corrected chi connectivity index (χ2v) is 9.99. The lowest BCUT2D eigenvalue weighted by Gasteiger charge is -2.26. The number of ether oxygens (including phenoxy) is 2. The molecule has 0 spiro atoms. The number of morpholine rings is 1. The maximum atomic E-state index is 12.8. The molecular weight excluding hydrogens is 456 g/mol. The molecule has 3 rings (SSSR count). The number of ketones is 1. The van der Waals surface area contributed by atoms with Crippen LogP contribution < -0.4 is 5.32 Å². The predicted molar refractivity (Wildman–Crippen MR) is 119 cm³/mol. The number of esters is 1. The van der Waals surface area contributed by atoms with Crippen LogP contribution in [0.15, 0.2) is 29.2 Å². The van der Waals surface area contributed by atoms with Gasteiger partial charge in [-0.3, -0.25) is 9.59 Å². The summed E-state index contributed by atoms with van der Waals surface area (Å²) in [5, 5.41) is 2.86. The molecule has 1 amide bonds. The van der Waals surface area contributed by atoms with E-state index in [1.54, 1.807) is 13.8 Å². The summed E-state index contributed by atoms with van der Waals surface area (Å²) in [4.78, 5) is 37.5. The summed E-state index contributed by atoms with van der Waals surface area (Å²) in [5.41, 5.74) is 0.793. The highest BCUT2D eigenvalue weighted by atomic mass is 32.2. The van der Waals surface area contributed by atoms with E-state index in [9.17, 15) is 22.8 Å². The van der Waals surface area contributed by atoms with Gasteiger partial charge in [-0.25, -0.2) is 13.2 Å². The van der Waals surface area contributed by atoms with Gasteiger partial charge in [0.15, 0.2) is 5.78 Å². The summed E-state index contributed by atoms with van der Waals surface area (Å²) in [6, 6.07) is 5.54. The SMILES string of the molecule is CCOC(=O)c1c(NC(=O)c2ccc(S(=O)(=O)N3CCOCC3)cc2)sc(C(C)=O)c1C. The van der Waals surface area contributed by atoms with Crippen molar-refractivity contribution in [3.8, 4) is 0 Å². The fourth-order valence-electron chi connectivity index (χ4n) is 3.28. The number of nitrogens with one attached hydrogen (secondary N) is 1. The summed E-state index contributed by atoms with van der Waals surface area (Å²) in [6.45, 7) is 6.05. The number of hydrogen-bond acceptors (Lipinski definition) is 8. The third-order valence-electron chi connectivity index (χ3n) is 4.90. The van der Waals surface area contributed by atoms with Gasteiger partial charge in [0, 0.05) is 18.7 Å². The van der Waals surface area contributed by atoms with Gasteiger partial charge in [0.2, 0.25) is 10.0 Å². The average molecular weight is 481 g/mol. The number of anilines is 1. The maximum Gasteiger partial charge on any atom is 0.341 e. The lowest BCUT2D eigenvalue weighted by atomic mass is 10.1. The van der Waals surface area contributed by atoms with Crippen LogP contribution in [0.3, 0.4) is 0 Å². The highest BCUT2D eigenvalue weighted by Gasteiger charge is 2.27. The summed E-state index contributed by atoms with van der Waals surface area (Å²) in [7, 11) is -3.67.